The summed E-state index contributed by atoms with van der Waals surface area (Å²) < 4.78 is 65.7. The summed E-state index contributed by atoms with van der Waals surface area (Å²) in [4.78, 5) is 8.23. The second kappa shape index (κ2) is 5.44. The molecule has 0 bridgehead atoms. The minimum atomic E-state index is -5.06. The van der Waals surface area contributed by atoms with E-state index in [1.165, 1.54) is 6.92 Å². The van der Waals surface area contributed by atoms with Gasteiger partial charge >= 0.3 is 11.9 Å². The Morgan fingerprint density at radius 3 is 2.30 bits per heavy atom. The lowest BCUT2D eigenvalue weighted by atomic mass is 10.2. The molecule has 20 heavy (non-hydrogen) atoms. The van der Waals surface area contributed by atoms with E-state index in [2.05, 4.69) is 4.74 Å². The molecule has 0 radical (unpaired) electrons. The first kappa shape index (κ1) is 16.5. The lowest BCUT2D eigenvalue weighted by Gasteiger charge is -2.14. The quantitative estimate of drug-likeness (QED) is 0.480. The highest BCUT2D eigenvalue weighted by atomic mass is 35.7. The number of halogens is 4. The molecule has 0 fully saturated rings. The van der Waals surface area contributed by atoms with Crippen molar-refractivity contribution in [2.75, 3.05) is 6.61 Å². The largest absolute Gasteiger partial charge is 0.486 e. The summed E-state index contributed by atoms with van der Waals surface area (Å²) in [5.74, 6) is -1.03. The summed E-state index contributed by atoms with van der Waals surface area (Å²) in [6.07, 6.45) is -5.06. The summed E-state index contributed by atoms with van der Waals surface area (Å²) in [6.45, 7) is 1.05. The molecule has 1 rings (SSSR count). The van der Waals surface area contributed by atoms with Crippen LogP contribution in [0.1, 0.15) is 12.5 Å². The molecule has 11 heteroatoms. The van der Waals surface area contributed by atoms with Crippen LogP contribution in [0.25, 0.3) is 0 Å². The molecule has 0 amide bonds. The van der Waals surface area contributed by atoms with E-state index in [0.717, 1.165) is 0 Å². The fraction of sp³-hybridized carbons (Fsp3) is 0.333. The molecule has 1 aromatic carbocycles. The third-order valence-corrected chi connectivity index (χ3v) is 3.48. The van der Waals surface area contributed by atoms with Crippen molar-refractivity contribution < 1.29 is 31.2 Å². The molecule has 0 N–H and O–H groups in total. The predicted molar refractivity (Wildman–Crippen MR) is 62.3 cm³/mol. The van der Waals surface area contributed by atoms with Gasteiger partial charge in [0.15, 0.2) is 0 Å². The maximum Gasteiger partial charge on any atom is 0.417 e. The molecule has 0 aliphatic heterocycles. The van der Waals surface area contributed by atoms with Gasteiger partial charge in [0.05, 0.1) is 17.1 Å². The predicted octanol–water partition coefficient (Wildman–Crippen LogP) is 2.94. The van der Waals surface area contributed by atoms with Crippen molar-refractivity contribution in [2.24, 2.45) is 0 Å². The van der Waals surface area contributed by atoms with E-state index in [0.29, 0.717) is 6.07 Å². The van der Waals surface area contributed by atoms with Gasteiger partial charge in [0, 0.05) is 16.7 Å². The van der Waals surface area contributed by atoms with Gasteiger partial charge in [0.2, 0.25) is 5.75 Å². The van der Waals surface area contributed by atoms with Crippen LogP contribution in [0, 0.1) is 10.1 Å². The number of nitro benzene ring substituents is 1. The maximum atomic E-state index is 12.8. The Labute approximate surface area is 115 Å². The lowest BCUT2D eigenvalue weighted by molar-refractivity contribution is -0.386. The zero-order valence-electron chi connectivity index (χ0n) is 9.77. The molecule has 0 heterocycles. The normalized spacial score (nSPS) is 12.2. The van der Waals surface area contributed by atoms with E-state index in [4.69, 9.17) is 10.7 Å². The summed E-state index contributed by atoms with van der Waals surface area (Å²) in [7, 11) is 0.0542. The molecule has 0 aliphatic rings. The van der Waals surface area contributed by atoms with E-state index < -0.39 is 42.0 Å². The monoisotopic (exact) mass is 333 g/mol. The van der Waals surface area contributed by atoms with Gasteiger partial charge in [-0.2, -0.15) is 13.2 Å². The third-order valence-electron chi connectivity index (χ3n) is 2.13. The SMILES string of the molecule is CCOc1c([N+](=O)[O-])ccc(C(F)(F)F)c1S(=O)(=O)Cl. The third kappa shape index (κ3) is 3.31. The Kier molecular flexibility index (Phi) is 4.49. The average Bonchev–Trinajstić information content (AvgIpc) is 2.25. The number of ether oxygens (including phenoxy) is 1. The first-order valence-corrected chi connectivity index (χ1v) is 7.27. The van der Waals surface area contributed by atoms with Crippen LogP contribution in [0.5, 0.6) is 5.75 Å². The van der Waals surface area contributed by atoms with E-state index in [9.17, 15) is 31.7 Å². The van der Waals surface area contributed by atoms with Crippen molar-refractivity contribution in [2.45, 2.75) is 18.0 Å². The second-order valence-corrected chi connectivity index (χ2v) is 5.92. The van der Waals surface area contributed by atoms with Crippen LogP contribution < -0.4 is 4.74 Å². The van der Waals surface area contributed by atoms with E-state index in [1.54, 1.807) is 0 Å². The van der Waals surface area contributed by atoms with Crippen molar-refractivity contribution in [3.8, 4) is 5.75 Å². The molecular formula is C9H7ClF3NO5S. The lowest BCUT2D eigenvalue weighted by Crippen LogP contribution is -2.13. The molecular weight excluding hydrogens is 327 g/mol. The van der Waals surface area contributed by atoms with Crippen molar-refractivity contribution in [1.82, 2.24) is 0 Å². The van der Waals surface area contributed by atoms with Crippen LogP contribution in [0.4, 0.5) is 18.9 Å². The van der Waals surface area contributed by atoms with Gasteiger partial charge < -0.3 is 4.74 Å². The first-order chi connectivity index (χ1) is 9.00. The zero-order chi connectivity index (χ0) is 15.7. The Balaban J connectivity index is 3.86. The Morgan fingerprint density at radius 2 is 1.95 bits per heavy atom. The highest BCUT2D eigenvalue weighted by molar-refractivity contribution is 8.13. The van der Waals surface area contributed by atoms with Gasteiger partial charge in [-0.3, -0.25) is 10.1 Å². The summed E-state index contributed by atoms with van der Waals surface area (Å²) in [5.41, 5.74) is -2.54. The molecule has 112 valence electrons. The summed E-state index contributed by atoms with van der Waals surface area (Å²) >= 11 is 0. The van der Waals surface area contributed by atoms with Crippen molar-refractivity contribution >= 4 is 25.4 Å². The van der Waals surface area contributed by atoms with Gasteiger partial charge in [0.1, 0.15) is 4.90 Å². The molecule has 0 unspecified atom stereocenters. The molecule has 0 spiro atoms. The molecule has 0 atom stereocenters. The van der Waals surface area contributed by atoms with Crippen LogP contribution in [0.2, 0.25) is 0 Å². The van der Waals surface area contributed by atoms with Crippen LogP contribution >= 0.6 is 10.7 Å². The van der Waals surface area contributed by atoms with Crippen LogP contribution in [-0.2, 0) is 15.2 Å². The number of hydrogen-bond acceptors (Lipinski definition) is 5. The topological polar surface area (TPSA) is 86.5 Å². The highest BCUT2D eigenvalue weighted by Crippen LogP contribution is 2.44. The number of rotatable bonds is 4. The summed E-state index contributed by atoms with van der Waals surface area (Å²) in [6, 6.07) is 0.787. The fourth-order valence-electron chi connectivity index (χ4n) is 1.45. The van der Waals surface area contributed by atoms with Crippen LogP contribution in [0.3, 0.4) is 0 Å². The average molecular weight is 334 g/mol. The standard InChI is InChI=1S/C9H7ClF3NO5S/c1-2-19-7-6(14(15)16)4-3-5(9(11,12)13)8(7)20(10,17)18/h3-4H,2H2,1H3. The number of nitro groups is 1. The Hall–Kier alpha value is -1.55. The van der Waals surface area contributed by atoms with Crippen LogP contribution in [0.15, 0.2) is 17.0 Å². The van der Waals surface area contributed by atoms with Crippen molar-refractivity contribution in [1.29, 1.82) is 0 Å². The van der Waals surface area contributed by atoms with Crippen molar-refractivity contribution in [3.05, 3.63) is 27.8 Å². The smallest absolute Gasteiger partial charge is 0.417 e. The van der Waals surface area contributed by atoms with Gasteiger partial charge in [-0.25, -0.2) is 8.42 Å². The number of hydrogen-bond donors (Lipinski definition) is 0. The van der Waals surface area contributed by atoms with E-state index in [-0.39, 0.29) is 12.7 Å². The minimum absolute atomic E-state index is 0.274. The molecule has 6 nitrogen and oxygen atoms in total. The Morgan fingerprint density at radius 1 is 1.40 bits per heavy atom. The molecule has 1 aromatic rings. The van der Waals surface area contributed by atoms with Gasteiger partial charge in [-0.1, -0.05) is 0 Å². The second-order valence-electron chi connectivity index (χ2n) is 3.42. The molecule has 0 saturated heterocycles. The van der Waals surface area contributed by atoms with E-state index >= 15 is 0 Å². The van der Waals surface area contributed by atoms with Gasteiger partial charge in [-0.05, 0) is 13.0 Å². The van der Waals surface area contributed by atoms with Gasteiger partial charge in [0.25, 0.3) is 9.05 Å². The van der Waals surface area contributed by atoms with Gasteiger partial charge in [-0.15, -0.1) is 0 Å². The first-order valence-electron chi connectivity index (χ1n) is 4.96. The number of benzene rings is 1. The van der Waals surface area contributed by atoms with Crippen molar-refractivity contribution in [3.63, 3.8) is 0 Å². The fourth-order valence-corrected chi connectivity index (χ4v) is 2.74. The molecule has 0 aliphatic carbocycles. The minimum Gasteiger partial charge on any atom is -0.486 e. The number of alkyl halides is 3. The number of nitrogens with zero attached hydrogens (tertiary/aromatic N) is 1. The van der Waals surface area contributed by atoms with E-state index in [1.807, 2.05) is 0 Å². The maximum absolute atomic E-state index is 12.8. The highest BCUT2D eigenvalue weighted by Gasteiger charge is 2.41. The zero-order valence-corrected chi connectivity index (χ0v) is 11.3. The van der Waals surface area contributed by atoms with Crippen LogP contribution in [-0.4, -0.2) is 19.9 Å². The molecule has 0 saturated carbocycles. The molecule has 0 aromatic heterocycles. The Bertz CT molecular complexity index is 644. The summed E-state index contributed by atoms with van der Waals surface area (Å²) in [5, 5.41) is 10.7.